The summed E-state index contributed by atoms with van der Waals surface area (Å²) in [4.78, 5) is 2.44. The third kappa shape index (κ3) is 7.34. The van der Waals surface area contributed by atoms with Crippen LogP contribution in [0.3, 0.4) is 0 Å². The second kappa shape index (κ2) is 12.9. The van der Waals surface area contributed by atoms with Gasteiger partial charge in [0.2, 0.25) is 5.90 Å². The maximum absolute atomic E-state index is 14.2. The lowest BCUT2D eigenvalue weighted by atomic mass is 9.88. The molecule has 210 valence electrons. The quantitative estimate of drug-likeness (QED) is 0.388. The van der Waals surface area contributed by atoms with E-state index >= 15 is 0 Å². The summed E-state index contributed by atoms with van der Waals surface area (Å²) >= 11 is 0. The van der Waals surface area contributed by atoms with Crippen molar-refractivity contribution in [1.29, 1.82) is 0 Å². The molecular formula is C29H40ClFN2O4S. The third-order valence-corrected chi connectivity index (χ3v) is 9.64. The highest BCUT2D eigenvalue weighted by atomic mass is 35.5. The Hall–Kier alpha value is -2.00. The van der Waals surface area contributed by atoms with Gasteiger partial charge in [-0.1, -0.05) is 49.4 Å². The average Bonchev–Trinajstić information content (AvgIpc) is 2.85. The van der Waals surface area contributed by atoms with Crippen LogP contribution in [0.25, 0.3) is 0 Å². The first-order valence-electron chi connectivity index (χ1n) is 13.2. The van der Waals surface area contributed by atoms with Gasteiger partial charge in [-0.3, -0.25) is 0 Å². The molecule has 0 bridgehead atoms. The molecular weight excluding hydrogens is 527 g/mol. The summed E-state index contributed by atoms with van der Waals surface area (Å²) in [6.45, 7) is 9.31. The molecule has 0 N–H and O–H groups in total. The maximum Gasteiger partial charge on any atom is 0.263 e. The number of piperidine rings is 1. The Balaban J connectivity index is 0.00000400. The molecule has 0 saturated carbocycles. The summed E-state index contributed by atoms with van der Waals surface area (Å²) in [5.74, 6) is 0.0900. The number of likely N-dealkylation sites (tertiary alicyclic amines) is 1. The molecule has 2 heterocycles. The zero-order valence-electron chi connectivity index (χ0n) is 22.7. The van der Waals surface area contributed by atoms with Crippen LogP contribution < -0.4 is 0 Å². The van der Waals surface area contributed by atoms with Crippen molar-refractivity contribution in [2.45, 2.75) is 69.1 Å². The lowest BCUT2D eigenvalue weighted by Gasteiger charge is -2.37. The van der Waals surface area contributed by atoms with Crippen molar-refractivity contribution in [2.75, 3.05) is 33.4 Å². The Morgan fingerprint density at radius 1 is 1.13 bits per heavy atom. The Morgan fingerprint density at radius 3 is 2.39 bits per heavy atom. The number of sulfonamides is 1. The van der Waals surface area contributed by atoms with Crippen molar-refractivity contribution < 1.29 is 22.3 Å². The van der Waals surface area contributed by atoms with Crippen LogP contribution in [-0.2, 0) is 25.9 Å². The van der Waals surface area contributed by atoms with E-state index in [1.165, 1.54) is 11.6 Å². The van der Waals surface area contributed by atoms with E-state index in [1.807, 2.05) is 19.1 Å². The molecule has 4 rings (SSSR count). The first kappa shape index (κ1) is 30.5. The fourth-order valence-corrected chi connectivity index (χ4v) is 7.17. The number of hydrogen-bond acceptors (Lipinski definition) is 5. The van der Waals surface area contributed by atoms with E-state index in [0.717, 1.165) is 44.6 Å². The molecule has 2 aliphatic rings. The highest BCUT2D eigenvalue weighted by Gasteiger charge is 2.46. The minimum Gasteiger partial charge on any atom is -0.473 e. The maximum atomic E-state index is 14.2. The lowest BCUT2D eigenvalue weighted by Crippen LogP contribution is -2.50. The summed E-state index contributed by atoms with van der Waals surface area (Å²) in [6.07, 6.45) is 2.77. The number of hydrogen-bond donors (Lipinski definition) is 0. The van der Waals surface area contributed by atoms with Gasteiger partial charge in [-0.2, -0.15) is 0 Å². The van der Waals surface area contributed by atoms with Crippen LogP contribution in [0.4, 0.5) is 4.39 Å². The van der Waals surface area contributed by atoms with Crippen LogP contribution in [0.1, 0.15) is 68.6 Å². The van der Waals surface area contributed by atoms with E-state index in [4.69, 9.17) is 9.47 Å². The van der Waals surface area contributed by atoms with Crippen molar-refractivity contribution in [1.82, 2.24) is 4.90 Å². The van der Waals surface area contributed by atoms with Gasteiger partial charge in [0.15, 0.2) is 0 Å². The molecule has 0 amide bonds. The van der Waals surface area contributed by atoms with Crippen LogP contribution in [0.2, 0.25) is 0 Å². The van der Waals surface area contributed by atoms with E-state index in [9.17, 15) is 12.8 Å². The van der Waals surface area contributed by atoms with Gasteiger partial charge in [0.05, 0.1) is 6.61 Å². The molecule has 0 spiro atoms. The Labute approximate surface area is 233 Å². The van der Waals surface area contributed by atoms with Crippen molar-refractivity contribution in [3.63, 3.8) is 0 Å². The summed E-state index contributed by atoms with van der Waals surface area (Å²) in [7, 11) is -2.07. The van der Waals surface area contributed by atoms with E-state index in [0.29, 0.717) is 17.9 Å². The molecule has 38 heavy (non-hydrogen) atoms. The van der Waals surface area contributed by atoms with Gasteiger partial charge in [0.25, 0.3) is 10.0 Å². The van der Waals surface area contributed by atoms with E-state index in [1.54, 1.807) is 39.2 Å². The molecule has 2 aromatic carbocycles. The van der Waals surface area contributed by atoms with Crippen LogP contribution in [0.15, 0.2) is 52.9 Å². The predicted molar refractivity (Wildman–Crippen MR) is 152 cm³/mol. The summed E-state index contributed by atoms with van der Waals surface area (Å²) in [6, 6.07) is 14.9. The van der Waals surface area contributed by atoms with E-state index in [-0.39, 0.29) is 36.5 Å². The molecule has 1 saturated heterocycles. The lowest BCUT2D eigenvalue weighted by molar-refractivity contribution is 0.0803. The molecule has 0 aromatic heterocycles. The normalized spacial score (nSPS) is 22.1. The Kier molecular flexibility index (Phi) is 10.4. The first-order chi connectivity index (χ1) is 17.6. The van der Waals surface area contributed by atoms with E-state index in [2.05, 4.69) is 21.4 Å². The number of halogens is 2. The van der Waals surface area contributed by atoms with Gasteiger partial charge in [0, 0.05) is 20.1 Å². The zero-order chi connectivity index (χ0) is 26.6. The minimum atomic E-state index is -3.81. The monoisotopic (exact) mass is 566 g/mol. The van der Waals surface area contributed by atoms with Crippen molar-refractivity contribution in [2.24, 2.45) is 4.40 Å². The van der Waals surface area contributed by atoms with Crippen molar-refractivity contribution >= 4 is 28.3 Å². The molecule has 1 unspecified atom stereocenters. The van der Waals surface area contributed by atoms with Crippen LogP contribution in [0.5, 0.6) is 0 Å². The van der Waals surface area contributed by atoms with Gasteiger partial charge >= 0.3 is 0 Å². The topological polar surface area (TPSA) is 68.2 Å². The van der Waals surface area contributed by atoms with Gasteiger partial charge in [-0.15, -0.1) is 16.8 Å². The predicted octanol–water partition coefficient (Wildman–Crippen LogP) is 5.72. The minimum absolute atomic E-state index is 0. The average molecular weight is 567 g/mol. The Bertz CT molecular complexity index is 1200. The largest absolute Gasteiger partial charge is 0.473 e. The molecule has 6 nitrogen and oxygen atoms in total. The highest BCUT2D eigenvalue weighted by Crippen LogP contribution is 2.34. The summed E-state index contributed by atoms with van der Waals surface area (Å²) in [5.41, 5.74) is 1.81. The number of rotatable bonds is 9. The van der Waals surface area contributed by atoms with Crippen molar-refractivity contribution in [3.05, 3.63) is 71.0 Å². The number of benzene rings is 2. The fraction of sp³-hybridized carbons (Fsp3) is 0.552. The zero-order valence-corrected chi connectivity index (χ0v) is 24.4. The van der Waals surface area contributed by atoms with Gasteiger partial charge < -0.3 is 14.4 Å². The second-order valence-corrected chi connectivity index (χ2v) is 12.7. The SMILES string of the molecule is COCCN1CCC(c2ccc(CC3C(C)(C)OC(C[C@@H](C)c4ccccc4F)=NS3(=O)=O)cc2)CC1.Cl. The van der Waals surface area contributed by atoms with Crippen LogP contribution in [0, 0.1) is 5.82 Å². The fourth-order valence-electron chi connectivity index (χ4n) is 5.48. The van der Waals surface area contributed by atoms with Crippen molar-refractivity contribution in [3.8, 4) is 0 Å². The molecule has 0 aliphatic carbocycles. The summed E-state index contributed by atoms with van der Waals surface area (Å²) < 4.78 is 56.1. The standard InChI is InChI=1S/C29H39FN2O4S.ClH/c1-21(25-7-5-6-8-26(25)30)19-28-31-37(33,34)27(29(2,3)36-28)20-22-9-11-23(12-10-22)24-13-15-32(16-14-24)17-18-35-4;/h5-12,21,24,27H,13-20H2,1-4H3;1H/t21-,27?;/m1./s1. The smallest absolute Gasteiger partial charge is 0.263 e. The summed E-state index contributed by atoms with van der Waals surface area (Å²) in [5, 5.41) is -0.803. The molecule has 1 fully saturated rings. The number of ether oxygens (including phenoxy) is 2. The molecule has 9 heteroatoms. The molecule has 0 radical (unpaired) electrons. The first-order valence-corrected chi connectivity index (χ1v) is 14.7. The Morgan fingerprint density at radius 2 is 1.79 bits per heavy atom. The number of methoxy groups -OCH3 is 1. The molecule has 2 aliphatic heterocycles. The molecule has 2 aromatic rings. The second-order valence-electron chi connectivity index (χ2n) is 10.9. The van der Waals surface area contributed by atoms with Gasteiger partial charge in [0.1, 0.15) is 16.7 Å². The van der Waals surface area contributed by atoms with Crippen LogP contribution in [-0.4, -0.2) is 63.4 Å². The van der Waals surface area contributed by atoms with Gasteiger partial charge in [-0.05, 0) is 80.8 Å². The van der Waals surface area contributed by atoms with Crippen LogP contribution >= 0.6 is 12.4 Å². The number of nitrogens with zero attached hydrogens (tertiary/aromatic N) is 2. The van der Waals surface area contributed by atoms with E-state index < -0.39 is 20.9 Å². The third-order valence-electron chi connectivity index (χ3n) is 7.73. The van der Waals surface area contributed by atoms with Gasteiger partial charge in [-0.25, -0.2) is 12.8 Å². The highest BCUT2D eigenvalue weighted by molar-refractivity contribution is 7.91. The molecule has 2 atom stereocenters.